The lowest BCUT2D eigenvalue weighted by molar-refractivity contribution is -0.489. The minimum atomic E-state index is -7.45. The third-order valence-corrected chi connectivity index (χ3v) is 8.87. The van der Waals surface area contributed by atoms with E-state index in [1.165, 1.54) is 6.92 Å². The predicted octanol–water partition coefficient (Wildman–Crippen LogP) is 9.29. The molecule has 3 atom stereocenters. The van der Waals surface area contributed by atoms with E-state index in [9.17, 15) is 65.5 Å². The van der Waals surface area contributed by atoms with Crippen molar-refractivity contribution >= 4 is 10.0 Å². The molecule has 0 spiro atoms. The van der Waals surface area contributed by atoms with Crippen LogP contribution in [0.1, 0.15) is 54.9 Å². The van der Waals surface area contributed by atoms with E-state index in [0.717, 1.165) is 12.1 Å². The number of rotatable bonds is 16. The van der Waals surface area contributed by atoms with Crippen LogP contribution in [0.3, 0.4) is 0 Å². The predicted molar refractivity (Wildman–Crippen MR) is 142 cm³/mol. The van der Waals surface area contributed by atoms with Crippen molar-refractivity contribution in [2.75, 3.05) is 6.61 Å². The van der Waals surface area contributed by atoms with Crippen LogP contribution >= 0.6 is 0 Å². The number of halogens is 17. The monoisotopic (exact) mass is 805 g/mol. The minimum absolute atomic E-state index is 0.0527. The third kappa shape index (κ3) is 9.25. The number of hydrogen-bond donors (Lipinski definition) is 1. The summed E-state index contributed by atoms with van der Waals surface area (Å²) in [5, 5.41) is 0. The van der Waals surface area contributed by atoms with Crippen molar-refractivity contribution in [2.24, 2.45) is 5.92 Å². The molecule has 1 rings (SSSR count). The second kappa shape index (κ2) is 14.1. The Balaban J connectivity index is 3.57. The van der Waals surface area contributed by atoms with Gasteiger partial charge in [0.05, 0.1) is 4.90 Å². The molecule has 1 aromatic rings. The Morgan fingerprint density at radius 2 is 1.06 bits per heavy atom. The zero-order valence-electron chi connectivity index (χ0n) is 27.3. The van der Waals surface area contributed by atoms with Gasteiger partial charge in [-0.1, -0.05) is 13.8 Å². The average Bonchev–Trinajstić information content (AvgIpc) is 2.87. The first-order valence-corrected chi connectivity index (χ1v) is 15.5. The van der Waals surface area contributed by atoms with Gasteiger partial charge in [-0.15, -0.1) is 0 Å². The fraction of sp³-hybridized carbons (Fsp3) is 0.778. The SMILES string of the molecule is CC(C)CC(C)NS(=O)(=O)c1ccc(OCC(F)(C(F)(F)F)C(C)(C)OC(F)(F)C(F)(C(F)(F)F)C(C)(C)OC(F)(F)C(F)(F)C(F)(F)F)cc1. The van der Waals surface area contributed by atoms with Crippen molar-refractivity contribution in [3.8, 4) is 5.75 Å². The van der Waals surface area contributed by atoms with E-state index >= 15 is 17.6 Å². The lowest BCUT2D eigenvalue weighted by atomic mass is 9.83. The molecule has 0 aliphatic rings. The fourth-order valence-electron chi connectivity index (χ4n) is 4.53. The van der Waals surface area contributed by atoms with Crippen LogP contribution in [0.25, 0.3) is 0 Å². The van der Waals surface area contributed by atoms with Gasteiger partial charge in [0.1, 0.15) is 23.6 Å². The van der Waals surface area contributed by atoms with Crippen LogP contribution in [0.4, 0.5) is 74.6 Å². The minimum Gasteiger partial charge on any atom is -0.490 e. The van der Waals surface area contributed by atoms with E-state index in [4.69, 9.17) is 0 Å². The van der Waals surface area contributed by atoms with Crippen LogP contribution in [0, 0.1) is 5.92 Å². The quantitative estimate of drug-likeness (QED) is 0.169. The molecule has 0 fully saturated rings. The zero-order chi connectivity index (χ0) is 40.9. The molecule has 0 bridgehead atoms. The molecule has 51 heavy (non-hydrogen) atoms. The van der Waals surface area contributed by atoms with Crippen molar-refractivity contribution in [3.63, 3.8) is 0 Å². The average molecular weight is 806 g/mol. The Morgan fingerprint density at radius 1 is 0.627 bits per heavy atom. The Labute approximate surface area is 280 Å². The molecule has 300 valence electrons. The molecular formula is C27H32F17NO5S. The standard InChI is InChI=1S/C27H32F17NO5S/c1-14(2)12-15(3)45-51(46,47)17-10-8-16(9-11-17)48-13-20(28,23(32,33)34)18(4,5)49-26(41,42)21(29,24(35,36)37)19(6,7)50-27(43,44)22(30,31)25(38,39)40/h8-11,14-15,45H,12-13H2,1-7H3. The van der Waals surface area contributed by atoms with Gasteiger partial charge in [0.15, 0.2) is 0 Å². The maximum atomic E-state index is 15.8. The van der Waals surface area contributed by atoms with Crippen LogP contribution in [-0.4, -0.2) is 80.3 Å². The maximum Gasteiger partial charge on any atom is 0.462 e. The fourth-order valence-corrected chi connectivity index (χ4v) is 5.79. The van der Waals surface area contributed by atoms with E-state index in [1.54, 1.807) is 13.8 Å². The second-order valence-corrected chi connectivity index (χ2v) is 14.4. The normalized spacial score (nSPS) is 18.0. The molecule has 1 N–H and O–H groups in total. The van der Waals surface area contributed by atoms with Crippen LogP contribution in [0.5, 0.6) is 5.75 Å². The second-order valence-electron chi connectivity index (χ2n) is 12.7. The number of sulfonamides is 1. The molecule has 0 aliphatic carbocycles. The Morgan fingerprint density at radius 3 is 1.43 bits per heavy atom. The van der Waals surface area contributed by atoms with Gasteiger partial charge in [-0.05, 0) is 71.2 Å². The summed E-state index contributed by atoms with van der Waals surface area (Å²) in [6.07, 6.45) is -35.1. The van der Waals surface area contributed by atoms with Crippen molar-refractivity contribution < 1.29 is 97.3 Å². The summed E-state index contributed by atoms with van der Waals surface area (Å²) in [7, 11) is -4.24. The smallest absolute Gasteiger partial charge is 0.462 e. The van der Waals surface area contributed by atoms with Gasteiger partial charge in [-0.3, -0.25) is 0 Å². The summed E-state index contributed by atoms with van der Waals surface area (Å²) < 4.78 is 275. The van der Waals surface area contributed by atoms with Gasteiger partial charge in [0, 0.05) is 6.04 Å². The maximum absolute atomic E-state index is 15.8. The Bertz CT molecular complexity index is 1440. The molecule has 0 saturated heterocycles. The van der Waals surface area contributed by atoms with Crippen LogP contribution in [0.15, 0.2) is 29.2 Å². The van der Waals surface area contributed by atoms with Gasteiger partial charge in [0.2, 0.25) is 10.0 Å². The van der Waals surface area contributed by atoms with Crippen LogP contribution in [-0.2, 0) is 19.5 Å². The number of alkyl halides is 17. The van der Waals surface area contributed by atoms with Crippen molar-refractivity contribution in [1.82, 2.24) is 4.72 Å². The highest BCUT2D eigenvalue weighted by Crippen LogP contribution is 2.59. The highest BCUT2D eigenvalue weighted by Gasteiger charge is 2.85. The third-order valence-electron chi connectivity index (χ3n) is 7.27. The molecule has 0 aromatic heterocycles. The van der Waals surface area contributed by atoms with Gasteiger partial charge in [0.25, 0.3) is 5.67 Å². The van der Waals surface area contributed by atoms with Gasteiger partial charge >= 0.3 is 42.3 Å². The summed E-state index contributed by atoms with van der Waals surface area (Å²) >= 11 is 0. The summed E-state index contributed by atoms with van der Waals surface area (Å²) in [6, 6.07) is 2.18. The van der Waals surface area contributed by atoms with Crippen LogP contribution < -0.4 is 9.46 Å². The van der Waals surface area contributed by atoms with E-state index in [1.807, 2.05) is 0 Å². The highest BCUT2D eigenvalue weighted by atomic mass is 32.2. The molecular weight excluding hydrogens is 773 g/mol. The Hall–Kier alpha value is -2.34. The number of hydrogen-bond acceptors (Lipinski definition) is 5. The molecule has 0 radical (unpaired) electrons. The number of ether oxygens (including phenoxy) is 3. The number of nitrogens with one attached hydrogen (secondary N) is 1. The Kier molecular flexibility index (Phi) is 12.9. The molecule has 1 aromatic carbocycles. The summed E-state index contributed by atoms with van der Waals surface area (Å²) in [5.74, 6) is -8.21. The summed E-state index contributed by atoms with van der Waals surface area (Å²) in [5.41, 5.74) is -22.2. The molecule has 3 unspecified atom stereocenters. The topological polar surface area (TPSA) is 73.9 Å². The van der Waals surface area contributed by atoms with Gasteiger partial charge in [-0.25, -0.2) is 21.9 Å². The molecule has 24 heteroatoms. The van der Waals surface area contributed by atoms with E-state index in [2.05, 4.69) is 18.9 Å². The lowest BCUT2D eigenvalue weighted by Gasteiger charge is -2.49. The number of benzene rings is 1. The molecule has 0 saturated carbocycles. The highest BCUT2D eigenvalue weighted by molar-refractivity contribution is 7.89. The largest absolute Gasteiger partial charge is 0.490 e. The lowest BCUT2D eigenvalue weighted by Crippen LogP contribution is -2.73. The first-order valence-electron chi connectivity index (χ1n) is 14.0. The van der Waals surface area contributed by atoms with E-state index in [0.29, 0.717) is 18.6 Å². The van der Waals surface area contributed by atoms with Gasteiger partial charge in [-0.2, -0.15) is 65.9 Å². The zero-order valence-corrected chi connectivity index (χ0v) is 28.1. The molecule has 0 amide bonds. The molecule has 0 aliphatic heterocycles. The first kappa shape index (κ1) is 46.7. The van der Waals surface area contributed by atoms with E-state index < -0.39 is 106 Å². The van der Waals surface area contributed by atoms with Crippen molar-refractivity contribution in [1.29, 1.82) is 0 Å². The molecule has 0 heterocycles. The summed E-state index contributed by atoms with van der Waals surface area (Å²) in [6.45, 7) is 0.236. The van der Waals surface area contributed by atoms with Crippen molar-refractivity contribution in [2.45, 2.75) is 125 Å². The summed E-state index contributed by atoms with van der Waals surface area (Å²) in [4.78, 5) is -0.495. The van der Waals surface area contributed by atoms with E-state index in [-0.39, 0.29) is 19.8 Å². The first-order chi connectivity index (χ1) is 22.2. The van der Waals surface area contributed by atoms with Crippen LogP contribution in [0.2, 0.25) is 0 Å². The van der Waals surface area contributed by atoms with Crippen molar-refractivity contribution in [3.05, 3.63) is 24.3 Å². The molecule has 6 nitrogen and oxygen atoms in total. The van der Waals surface area contributed by atoms with Gasteiger partial charge < -0.3 is 14.2 Å².